The lowest BCUT2D eigenvalue weighted by atomic mass is 10.3. The molecule has 0 aromatic carbocycles. The van der Waals surface area contributed by atoms with Crippen molar-refractivity contribution in [3.8, 4) is 0 Å². The van der Waals surface area contributed by atoms with Crippen molar-refractivity contribution in [2.24, 2.45) is 0 Å². The van der Waals surface area contributed by atoms with Gasteiger partial charge in [0.2, 0.25) is 0 Å². The quantitative estimate of drug-likeness (QED) is 0.179. The molecule has 0 rings (SSSR count). The zero-order chi connectivity index (χ0) is 10.9. The number of hydrogen-bond acceptors (Lipinski definition) is 7. The lowest BCUT2D eigenvalue weighted by Crippen LogP contribution is -2.34. The van der Waals surface area contributed by atoms with E-state index in [9.17, 15) is 0 Å². The Morgan fingerprint density at radius 1 is 1.31 bits per heavy atom. The third-order valence-electron chi connectivity index (χ3n) is 0.899. The number of aliphatic hydroxyl groups excluding tert-OH is 2. The number of rotatable bonds is 4. The fourth-order valence-electron chi connectivity index (χ4n) is 0.287. The molecule has 0 aliphatic heterocycles. The average molecular weight is 200 g/mol. The molecule has 0 radical (unpaired) electrons. The third-order valence-corrected chi connectivity index (χ3v) is 0.899. The van der Waals surface area contributed by atoms with E-state index in [1.54, 1.807) is 0 Å². The van der Waals surface area contributed by atoms with Crippen molar-refractivity contribution in [3.63, 3.8) is 0 Å². The van der Waals surface area contributed by atoms with Crippen molar-refractivity contribution in [3.05, 3.63) is 0 Å². The smallest absolute Gasteiger partial charge is 0.330 e. The topological polar surface area (TPSA) is 131 Å². The van der Waals surface area contributed by atoms with Gasteiger partial charge in [-0.05, 0) is 6.42 Å². The molecule has 0 saturated heterocycles. The Kier molecular flexibility index (Phi) is 9.74. The van der Waals surface area contributed by atoms with Crippen LogP contribution in [0.2, 0.25) is 0 Å². The summed E-state index contributed by atoms with van der Waals surface area (Å²) in [6.45, 7) is 0.836. The number of aliphatic hydroxyl groups is 5. The second-order valence-corrected chi connectivity index (χ2v) is 2.26. The van der Waals surface area contributed by atoms with Crippen LogP contribution in [0.25, 0.3) is 0 Å². The van der Waals surface area contributed by atoms with Crippen LogP contribution in [0, 0.1) is 0 Å². The molecule has 82 valence electrons. The van der Waals surface area contributed by atoms with E-state index in [1.807, 2.05) is 6.92 Å². The van der Waals surface area contributed by atoms with Crippen LogP contribution in [-0.4, -0.2) is 49.7 Å². The van der Waals surface area contributed by atoms with Crippen LogP contribution in [0.3, 0.4) is 0 Å². The maximum atomic E-state index is 8.11. The highest BCUT2D eigenvalue weighted by molar-refractivity contribution is 4.38. The zero-order valence-electron chi connectivity index (χ0n) is 7.29. The highest BCUT2D eigenvalue weighted by atomic mass is 17.2. The minimum absolute atomic E-state index is 0.486. The average Bonchev–Trinajstić information content (AvgIpc) is 2.05. The van der Waals surface area contributed by atoms with Gasteiger partial charge in [0.25, 0.3) is 0 Å². The van der Waals surface area contributed by atoms with Gasteiger partial charge in [-0.25, -0.2) is 5.26 Å². The monoisotopic (exact) mass is 200 g/mol. The van der Waals surface area contributed by atoms with E-state index in [4.69, 9.17) is 30.8 Å². The first-order chi connectivity index (χ1) is 5.89. The van der Waals surface area contributed by atoms with Crippen molar-refractivity contribution in [2.45, 2.75) is 32.0 Å². The van der Waals surface area contributed by atoms with Crippen LogP contribution in [0.1, 0.15) is 19.8 Å². The molecule has 7 heteroatoms. The molecule has 0 aliphatic carbocycles. The minimum Gasteiger partial charge on any atom is -0.388 e. The molecule has 0 heterocycles. The van der Waals surface area contributed by atoms with Crippen molar-refractivity contribution >= 4 is 0 Å². The van der Waals surface area contributed by atoms with Crippen molar-refractivity contribution < 1.29 is 35.7 Å². The molecule has 0 bridgehead atoms. The molecule has 0 fully saturated rings. The molecule has 0 aromatic rings. The molecular formula is C6H16O7. The van der Waals surface area contributed by atoms with Gasteiger partial charge in [0, 0.05) is 0 Å². The normalized spacial score (nSPS) is 11.1. The Balaban J connectivity index is 0. The van der Waals surface area contributed by atoms with Crippen molar-refractivity contribution in [1.29, 1.82) is 0 Å². The first-order valence-electron chi connectivity index (χ1n) is 3.64. The fourth-order valence-corrected chi connectivity index (χ4v) is 0.287. The lowest BCUT2D eigenvalue weighted by Gasteiger charge is -2.11. The summed E-state index contributed by atoms with van der Waals surface area (Å²) in [5, 5.41) is 47.4. The Morgan fingerprint density at radius 2 is 1.77 bits per heavy atom. The van der Waals surface area contributed by atoms with Crippen LogP contribution in [0.15, 0.2) is 0 Å². The molecule has 0 aliphatic rings. The summed E-state index contributed by atoms with van der Waals surface area (Å²) in [6, 6.07) is 0. The van der Waals surface area contributed by atoms with Gasteiger partial charge in [-0.15, -0.1) is 0 Å². The first-order valence-corrected chi connectivity index (χ1v) is 3.64. The Morgan fingerprint density at radius 3 is 1.77 bits per heavy atom. The summed E-state index contributed by atoms with van der Waals surface area (Å²) in [5.41, 5.74) is 0. The highest BCUT2D eigenvalue weighted by Crippen LogP contribution is 1.94. The maximum Gasteiger partial charge on any atom is 0.330 e. The molecule has 0 unspecified atom stereocenters. The van der Waals surface area contributed by atoms with Gasteiger partial charge < -0.3 is 25.5 Å². The molecule has 0 spiro atoms. The van der Waals surface area contributed by atoms with E-state index >= 15 is 0 Å². The molecule has 0 atom stereocenters. The van der Waals surface area contributed by atoms with Crippen LogP contribution >= 0.6 is 0 Å². The van der Waals surface area contributed by atoms with E-state index < -0.39 is 18.9 Å². The Bertz CT molecular complexity index is 97.2. The standard InChI is InChI=1S/C4H10O2.C2H6O5/c1-2-3-4(5)6;3-1-2(4,5)7-6/h4-6H,2-3H2,1H3;3-6H,1H2. The van der Waals surface area contributed by atoms with Crippen molar-refractivity contribution in [2.75, 3.05) is 6.61 Å². The summed E-state index contributed by atoms with van der Waals surface area (Å²) in [5.74, 6) is -2.81. The second kappa shape index (κ2) is 8.32. The van der Waals surface area contributed by atoms with Gasteiger partial charge in [-0.2, -0.15) is 4.89 Å². The lowest BCUT2D eigenvalue weighted by molar-refractivity contribution is -0.475. The summed E-state index contributed by atoms with van der Waals surface area (Å²) in [6.07, 6.45) is 0.215. The fraction of sp³-hybridized carbons (Fsp3) is 1.00. The summed E-state index contributed by atoms with van der Waals surface area (Å²) >= 11 is 0. The molecule has 0 saturated carbocycles. The predicted octanol–water partition coefficient (Wildman–Crippen LogP) is -1.80. The summed E-state index contributed by atoms with van der Waals surface area (Å²) in [4.78, 5) is 2.95. The number of hydrogen-bond donors (Lipinski definition) is 6. The van der Waals surface area contributed by atoms with Crippen LogP contribution < -0.4 is 0 Å². The summed E-state index contributed by atoms with van der Waals surface area (Å²) < 4.78 is 0. The van der Waals surface area contributed by atoms with Crippen LogP contribution in [0.5, 0.6) is 0 Å². The predicted molar refractivity (Wildman–Crippen MR) is 41.1 cm³/mol. The van der Waals surface area contributed by atoms with Crippen LogP contribution in [-0.2, 0) is 4.89 Å². The second-order valence-electron chi connectivity index (χ2n) is 2.26. The molecule has 7 nitrogen and oxygen atoms in total. The third kappa shape index (κ3) is 14.6. The van der Waals surface area contributed by atoms with Gasteiger partial charge in [0.1, 0.15) is 6.61 Å². The minimum atomic E-state index is -2.81. The molecule has 0 aromatic heterocycles. The van der Waals surface area contributed by atoms with Gasteiger partial charge in [-0.1, -0.05) is 13.3 Å². The van der Waals surface area contributed by atoms with Crippen LogP contribution in [0.4, 0.5) is 0 Å². The van der Waals surface area contributed by atoms with E-state index in [1.165, 1.54) is 0 Å². The van der Waals surface area contributed by atoms with E-state index in [0.29, 0.717) is 6.42 Å². The molecule has 13 heavy (non-hydrogen) atoms. The Hall–Kier alpha value is -0.280. The molecular weight excluding hydrogens is 184 g/mol. The van der Waals surface area contributed by atoms with Gasteiger partial charge in [-0.3, -0.25) is 0 Å². The largest absolute Gasteiger partial charge is 0.388 e. The van der Waals surface area contributed by atoms with E-state index in [0.717, 1.165) is 6.42 Å². The van der Waals surface area contributed by atoms with Gasteiger partial charge in [0.15, 0.2) is 6.29 Å². The highest BCUT2D eigenvalue weighted by Gasteiger charge is 2.21. The van der Waals surface area contributed by atoms with Crippen molar-refractivity contribution in [1.82, 2.24) is 0 Å². The van der Waals surface area contributed by atoms with E-state index in [-0.39, 0.29) is 0 Å². The maximum absolute atomic E-state index is 8.11. The van der Waals surface area contributed by atoms with E-state index in [2.05, 4.69) is 4.89 Å². The Labute approximate surface area is 75.4 Å². The SMILES string of the molecule is CCCC(O)O.OCC(O)(O)OO. The summed E-state index contributed by atoms with van der Waals surface area (Å²) in [7, 11) is 0. The first kappa shape index (κ1) is 15.2. The van der Waals surface area contributed by atoms with Gasteiger partial charge >= 0.3 is 5.97 Å². The van der Waals surface area contributed by atoms with Gasteiger partial charge in [0.05, 0.1) is 0 Å². The molecule has 0 amide bonds. The zero-order valence-corrected chi connectivity index (χ0v) is 7.29. The molecule has 6 N–H and O–H groups in total.